The van der Waals surface area contributed by atoms with Gasteiger partial charge in [-0.05, 0) is 42.1 Å². The van der Waals surface area contributed by atoms with E-state index in [1.807, 2.05) is 0 Å². The maximum atomic E-state index is 11.0. The molecule has 1 fully saturated rings. The van der Waals surface area contributed by atoms with Gasteiger partial charge in [0.2, 0.25) is 5.95 Å². The minimum absolute atomic E-state index is 0.0211. The number of aromatic carboxylic acids is 1. The number of aromatic nitrogens is 2. The normalized spacial score (nSPS) is 20.4. The summed E-state index contributed by atoms with van der Waals surface area (Å²) in [5.41, 5.74) is 0.0211. The molecule has 2 rings (SSSR count). The zero-order valence-corrected chi connectivity index (χ0v) is 11.1. The van der Waals surface area contributed by atoms with Gasteiger partial charge >= 0.3 is 5.97 Å². The SMILES string of the molecule is CC1CCCCN1c1ncc(Br)c(C(=O)O)n1. The first-order chi connectivity index (χ1) is 8.09. The summed E-state index contributed by atoms with van der Waals surface area (Å²) in [7, 11) is 0. The van der Waals surface area contributed by atoms with E-state index in [1.165, 1.54) is 12.6 Å². The Morgan fingerprint density at radius 2 is 2.35 bits per heavy atom. The molecule has 0 aromatic carbocycles. The molecule has 1 N–H and O–H groups in total. The van der Waals surface area contributed by atoms with Crippen LogP contribution in [0.5, 0.6) is 0 Å². The third-order valence-electron chi connectivity index (χ3n) is 2.99. The number of carboxylic acids is 1. The molecule has 92 valence electrons. The fourth-order valence-electron chi connectivity index (χ4n) is 2.04. The predicted octanol–water partition coefficient (Wildman–Crippen LogP) is 2.32. The quantitative estimate of drug-likeness (QED) is 0.908. The van der Waals surface area contributed by atoms with E-state index in [0.717, 1.165) is 19.4 Å². The van der Waals surface area contributed by atoms with E-state index in [4.69, 9.17) is 5.11 Å². The first kappa shape index (κ1) is 12.3. The minimum Gasteiger partial charge on any atom is -0.476 e. The maximum absolute atomic E-state index is 11.0. The van der Waals surface area contributed by atoms with Gasteiger partial charge in [-0.2, -0.15) is 0 Å². The molecule has 1 saturated heterocycles. The molecular formula is C11H14BrN3O2. The molecular weight excluding hydrogens is 286 g/mol. The molecule has 2 heterocycles. The van der Waals surface area contributed by atoms with E-state index in [2.05, 4.69) is 37.7 Å². The van der Waals surface area contributed by atoms with Crippen LogP contribution >= 0.6 is 15.9 Å². The third kappa shape index (κ3) is 2.57. The highest BCUT2D eigenvalue weighted by molar-refractivity contribution is 9.10. The monoisotopic (exact) mass is 299 g/mol. The summed E-state index contributed by atoms with van der Waals surface area (Å²) in [5, 5.41) is 9.02. The predicted molar refractivity (Wildman–Crippen MR) is 67.4 cm³/mol. The van der Waals surface area contributed by atoms with Gasteiger partial charge in [-0.25, -0.2) is 14.8 Å². The summed E-state index contributed by atoms with van der Waals surface area (Å²) >= 11 is 3.15. The van der Waals surface area contributed by atoms with E-state index < -0.39 is 5.97 Å². The van der Waals surface area contributed by atoms with E-state index in [-0.39, 0.29) is 5.69 Å². The number of carboxylic acid groups (broad SMARTS) is 1. The Balaban J connectivity index is 2.32. The second kappa shape index (κ2) is 5.00. The molecule has 1 aliphatic heterocycles. The molecule has 0 amide bonds. The van der Waals surface area contributed by atoms with Gasteiger partial charge in [0.25, 0.3) is 0 Å². The second-order valence-electron chi connectivity index (χ2n) is 4.21. The number of anilines is 1. The molecule has 0 bridgehead atoms. The Kier molecular flexibility index (Phi) is 3.61. The number of hydrogen-bond donors (Lipinski definition) is 1. The van der Waals surface area contributed by atoms with Crippen molar-refractivity contribution in [3.63, 3.8) is 0 Å². The van der Waals surface area contributed by atoms with Gasteiger partial charge in [0.05, 0.1) is 4.47 Å². The van der Waals surface area contributed by atoms with Crippen LogP contribution in [0, 0.1) is 0 Å². The smallest absolute Gasteiger partial charge is 0.355 e. The summed E-state index contributed by atoms with van der Waals surface area (Å²) < 4.78 is 0.415. The van der Waals surface area contributed by atoms with E-state index >= 15 is 0 Å². The summed E-state index contributed by atoms with van der Waals surface area (Å²) in [6, 6.07) is 0.367. The highest BCUT2D eigenvalue weighted by atomic mass is 79.9. The number of nitrogens with zero attached hydrogens (tertiary/aromatic N) is 3. The lowest BCUT2D eigenvalue weighted by Gasteiger charge is -2.33. The zero-order valence-electron chi connectivity index (χ0n) is 9.56. The van der Waals surface area contributed by atoms with Crippen molar-refractivity contribution >= 4 is 27.8 Å². The van der Waals surface area contributed by atoms with Crippen LogP contribution in [0.4, 0.5) is 5.95 Å². The van der Waals surface area contributed by atoms with Crippen LogP contribution in [0.15, 0.2) is 10.7 Å². The summed E-state index contributed by atoms with van der Waals surface area (Å²) in [5.74, 6) is -0.525. The first-order valence-corrected chi connectivity index (χ1v) is 6.41. The van der Waals surface area contributed by atoms with E-state index in [9.17, 15) is 4.79 Å². The molecule has 1 atom stereocenters. The Hall–Kier alpha value is -1.17. The van der Waals surface area contributed by atoms with Crippen LogP contribution in [0.2, 0.25) is 0 Å². The average molecular weight is 300 g/mol. The summed E-state index contributed by atoms with van der Waals surface area (Å²) in [6.45, 7) is 3.01. The van der Waals surface area contributed by atoms with Crippen LogP contribution in [0.3, 0.4) is 0 Å². The van der Waals surface area contributed by atoms with Crippen LogP contribution in [-0.2, 0) is 0 Å². The lowest BCUT2D eigenvalue weighted by Crippen LogP contribution is -2.38. The number of hydrogen-bond acceptors (Lipinski definition) is 4. The molecule has 6 heteroatoms. The molecule has 0 spiro atoms. The Bertz CT molecular complexity index is 439. The van der Waals surface area contributed by atoms with Crippen molar-refractivity contribution in [2.75, 3.05) is 11.4 Å². The Morgan fingerprint density at radius 3 is 3.00 bits per heavy atom. The fraction of sp³-hybridized carbons (Fsp3) is 0.545. The molecule has 1 aromatic heterocycles. The van der Waals surface area contributed by atoms with Crippen molar-refractivity contribution in [3.05, 3.63) is 16.4 Å². The topological polar surface area (TPSA) is 66.3 Å². The number of halogens is 1. The third-order valence-corrected chi connectivity index (χ3v) is 3.57. The number of piperidine rings is 1. The Morgan fingerprint density at radius 1 is 1.59 bits per heavy atom. The molecule has 1 aliphatic rings. The fourth-order valence-corrected chi connectivity index (χ4v) is 2.40. The average Bonchev–Trinajstić information content (AvgIpc) is 2.30. The molecule has 5 nitrogen and oxygen atoms in total. The van der Waals surface area contributed by atoms with Gasteiger partial charge in [0, 0.05) is 18.8 Å². The van der Waals surface area contributed by atoms with Crippen LogP contribution in [-0.4, -0.2) is 33.6 Å². The maximum Gasteiger partial charge on any atom is 0.355 e. The largest absolute Gasteiger partial charge is 0.476 e. The number of rotatable bonds is 2. The van der Waals surface area contributed by atoms with Gasteiger partial charge in [-0.3, -0.25) is 0 Å². The molecule has 0 saturated carbocycles. The zero-order chi connectivity index (χ0) is 12.4. The van der Waals surface area contributed by atoms with Gasteiger partial charge in [-0.15, -0.1) is 0 Å². The van der Waals surface area contributed by atoms with Crippen molar-refractivity contribution in [3.8, 4) is 0 Å². The van der Waals surface area contributed by atoms with Gasteiger partial charge in [0.1, 0.15) is 0 Å². The van der Waals surface area contributed by atoms with Gasteiger partial charge < -0.3 is 10.0 Å². The van der Waals surface area contributed by atoms with Crippen LogP contribution in [0.25, 0.3) is 0 Å². The van der Waals surface area contributed by atoms with Crippen molar-refractivity contribution in [2.45, 2.75) is 32.2 Å². The van der Waals surface area contributed by atoms with Crippen molar-refractivity contribution in [1.82, 2.24) is 9.97 Å². The summed E-state index contributed by atoms with van der Waals surface area (Å²) in [4.78, 5) is 21.4. The van der Waals surface area contributed by atoms with Gasteiger partial charge in [0.15, 0.2) is 5.69 Å². The number of carbonyl (C=O) groups is 1. The minimum atomic E-state index is -1.04. The van der Waals surface area contributed by atoms with E-state index in [1.54, 1.807) is 0 Å². The Labute approximate surface area is 108 Å². The molecule has 0 aliphatic carbocycles. The first-order valence-electron chi connectivity index (χ1n) is 5.62. The van der Waals surface area contributed by atoms with Crippen molar-refractivity contribution < 1.29 is 9.90 Å². The van der Waals surface area contributed by atoms with Crippen molar-refractivity contribution in [1.29, 1.82) is 0 Å². The van der Waals surface area contributed by atoms with E-state index in [0.29, 0.717) is 16.5 Å². The highest BCUT2D eigenvalue weighted by Crippen LogP contribution is 2.23. The lowest BCUT2D eigenvalue weighted by atomic mass is 10.0. The second-order valence-corrected chi connectivity index (χ2v) is 5.06. The highest BCUT2D eigenvalue weighted by Gasteiger charge is 2.22. The molecule has 1 aromatic rings. The van der Waals surface area contributed by atoms with Crippen LogP contribution in [0.1, 0.15) is 36.7 Å². The van der Waals surface area contributed by atoms with Crippen molar-refractivity contribution in [2.24, 2.45) is 0 Å². The lowest BCUT2D eigenvalue weighted by molar-refractivity contribution is 0.0689. The summed E-state index contributed by atoms with van der Waals surface area (Å²) in [6.07, 6.45) is 4.92. The van der Waals surface area contributed by atoms with Crippen LogP contribution < -0.4 is 4.90 Å². The molecule has 1 unspecified atom stereocenters. The van der Waals surface area contributed by atoms with Gasteiger partial charge in [-0.1, -0.05) is 0 Å². The molecule has 17 heavy (non-hydrogen) atoms. The standard InChI is InChI=1S/C11H14BrN3O2/c1-7-4-2-3-5-15(7)11-13-6-8(12)9(14-11)10(16)17/h6-7H,2-5H2,1H3,(H,16,17). The molecule has 0 radical (unpaired) electrons.